The van der Waals surface area contributed by atoms with Crippen molar-refractivity contribution in [2.45, 2.75) is 18.9 Å². The summed E-state index contributed by atoms with van der Waals surface area (Å²) in [4.78, 5) is 12.3. The first-order valence-electron chi connectivity index (χ1n) is 9.67. The van der Waals surface area contributed by atoms with Crippen LogP contribution < -0.4 is 10.1 Å². The highest BCUT2D eigenvalue weighted by Crippen LogP contribution is 2.36. The molecule has 0 aliphatic heterocycles. The molecule has 3 aromatic carbocycles. The number of ether oxygens (including phenoxy) is 1. The lowest BCUT2D eigenvalue weighted by Crippen LogP contribution is -2.20. The zero-order valence-electron chi connectivity index (χ0n) is 16.0. The Morgan fingerprint density at radius 3 is 2.70 bits per heavy atom. The fourth-order valence-electron chi connectivity index (χ4n) is 3.32. The molecule has 1 aromatic heterocycles. The molecule has 1 heterocycles. The second kappa shape index (κ2) is 7.87. The van der Waals surface area contributed by atoms with E-state index in [4.69, 9.17) is 4.74 Å². The Balaban J connectivity index is 1.23. The summed E-state index contributed by atoms with van der Waals surface area (Å²) in [5.74, 6) is 1.15. The molecule has 1 aliphatic carbocycles. The van der Waals surface area contributed by atoms with Gasteiger partial charge in [0, 0.05) is 11.3 Å². The third kappa shape index (κ3) is 3.78. The summed E-state index contributed by atoms with van der Waals surface area (Å²) in [6.07, 6.45) is 2.22. The predicted molar refractivity (Wildman–Crippen MR) is 117 cm³/mol. The average Bonchev–Trinajstić information content (AvgIpc) is 3.50. The molecule has 150 valence electrons. The van der Waals surface area contributed by atoms with Gasteiger partial charge in [0.05, 0.1) is 10.5 Å². The van der Waals surface area contributed by atoms with E-state index in [-0.39, 0.29) is 12.5 Å². The molecule has 1 saturated carbocycles. The normalized spacial score (nSPS) is 13.4. The third-order valence-electron chi connectivity index (χ3n) is 5.00. The Labute approximate surface area is 181 Å². The van der Waals surface area contributed by atoms with Crippen molar-refractivity contribution in [3.05, 3.63) is 65.1 Å². The van der Waals surface area contributed by atoms with Crippen molar-refractivity contribution in [1.29, 1.82) is 0 Å². The maximum Gasteiger partial charge on any atom is 0.262 e. The number of carbonyl (C=O) groups excluding carboxylic acids is 1. The number of hydrogen-bond acceptors (Lipinski definition) is 5. The second-order valence-corrected chi connectivity index (χ2v) is 7.98. The van der Waals surface area contributed by atoms with E-state index in [0.29, 0.717) is 17.5 Å². The van der Waals surface area contributed by atoms with E-state index in [1.807, 2.05) is 65.3 Å². The number of anilines is 1. The van der Waals surface area contributed by atoms with Gasteiger partial charge in [-0.1, -0.05) is 30.3 Å². The van der Waals surface area contributed by atoms with Crippen molar-refractivity contribution in [2.24, 2.45) is 0 Å². The van der Waals surface area contributed by atoms with Crippen LogP contribution in [0.15, 0.2) is 65.1 Å². The molecule has 1 amide bonds. The van der Waals surface area contributed by atoms with Crippen LogP contribution in [0.25, 0.3) is 22.2 Å². The summed E-state index contributed by atoms with van der Waals surface area (Å²) in [6, 6.07) is 19.7. The van der Waals surface area contributed by atoms with Crippen LogP contribution in [0.2, 0.25) is 0 Å². The van der Waals surface area contributed by atoms with Crippen molar-refractivity contribution in [2.75, 3.05) is 11.9 Å². The molecule has 0 unspecified atom stereocenters. The Bertz CT molecular complexity index is 1220. The molecule has 1 fully saturated rings. The molecule has 0 saturated heterocycles. The minimum absolute atomic E-state index is 0.0847. The SMILES string of the molecule is O=C(COc1ccc2ccccc2c1Br)Nc1ccc(-c2nnnn2C2CC2)cc1. The van der Waals surface area contributed by atoms with Gasteiger partial charge in [-0.3, -0.25) is 4.79 Å². The van der Waals surface area contributed by atoms with Crippen molar-refractivity contribution in [3.63, 3.8) is 0 Å². The maximum atomic E-state index is 12.3. The fourth-order valence-corrected chi connectivity index (χ4v) is 3.92. The minimum atomic E-state index is -0.231. The molecule has 8 heteroatoms. The minimum Gasteiger partial charge on any atom is -0.483 e. The van der Waals surface area contributed by atoms with Crippen LogP contribution in [0.5, 0.6) is 5.75 Å². The van der Waals surface area contributed by atoms with Crippen LogP contribution in [-0.4, -0.2) is 32.7 Å². The molecule has 7 nitrogen and oxygen atoms in total. The molecule has 0 spiro atoms. The number of nitrogens with one attached hydrogen (secondary N) is 1. The monoisotopic (exact) mass is 463 g/mol. The van der Waals surface area contributed by atoms with Gasteiger partial charge in [-0.15, -0.1) is 5.10 Å². The summed E-state index contributed by atoms with van der Waals surface area (Å²) in [6.45, 7) is -0.0847. The van der Waals surface area contributed by atoms with Crippen LogP contribution in [0.1, 0.15) is 18.9 Å². The number of fused-ring (bicyclic) bond motifs is 1. The van der Waals surface area contributed by atoms with Gasteiger partial charge in [0.1, 0.15) is 5.75 Å². The Morgan fingerprint density at radius 1 is 1.10 bits per heavy atom. The van der Waals surface area contributed by atoms with Crippen LogP contribution >= 0.6 is 15.9 Å². The third-order valence-corrected chi connectivity index (χ3v) is 5.82. The predicted octanol–water partition coefficient (Wildman–Crippen LogP) is 4.61. The first kappa shape index (κ1) is 18.7. The highest BCUT2D eigenvalue weighted by Gasteiger charge is 2.28. The van der Waals surface area contributed by atoms with E-state index < -0.39 is 0 Å². The van der Waals surface area contributed by atoms with Crippen molar-refractivity contribution in [3.8, 4) is 17.1 Å². The summed E-state index contributed by atoms with van der Waals surface area (Å²) < 4.78 is 8.42. The number of rotatable bonds is 6. The maximum absolute atomic E-state index is 12.3. The Kier molecular flexibility index (Phi) is 4.92. The molecule has 1 aliphatic rings. The number of carbonyl (C=O) groups is 1. The summed E-state index contributed by atoms with van der Waals surface area (Å²) >= 11 is 3.57. The average molecular weight is 464 g/mol. The number of aromatic nitrogens is 4. The lowest BCUT2D eigenvalue weighted by molar-refractivity contribution is -0.118. The summed E-state index contributed by atoms with van der Waals surface area (Å²) in [7, 11) is 0. The van der Waals surface area contributed by atoms with Gasteiger partial charge >= 0.3 is 0 Å². The van der Waals surface area contributed by atoms with E-state index in [0.717, 1.165) is 39.5 Å². The van der Waals surface area contributed by atoms with Gasteiger partial charge in [0.15, 0.2) is 12.4 Å². The van der Waals surface area contributed by atoms with Crippen LogP contribution in [-0.2, 0) is 4.79 Å². The van der Waals surface area contributed by atoms with Gasteiger partial charge in [-0.05, 0) is 80.3 Å². The van der Waals surface area contributed by atoms with E-state index >= 15 is 0 Å². The molecular formula is C22H18BrN5O2. The van der Waals surface area contributed by atoms with Crippen molar-refractivity contribution in [1.82, 2.24) is 20.2 Å². The standard InChI is InChI=1S/C22H18BrN5O2/c23-21-18-4-2-1-3-14(18)7-12-19(21)30-13-20(29)24-16-8-5-15(6-9-16)22-25-26-27-28(22)17-10-11-17/h1-9,12,17H,10-11,13H2,(H,24,29). The van der Waals surface area contributed by atoms with Gasteiger partial charge in [-0.2, -0.15) is 0 Å². The zero-order chi connectivity index (χ0) is 20.5. The molecule has 0 atom stereocenters. The zero-order valence-corrected chi connectivity index (χ0v) is 17.5. The highest BCUT2D eigenvalue weighted by atomic mass is 79.9. The molecule has 4 aromatic rings. The number of benzene rings is 3. The van der Waals surface area contributed by atoms with Gasteiger partial charge in [0.2, 0.25) is 0 Å². The topological polar surface area (TPSA) is 81.9 Å². The van der Waals surface area contributed by atoms with Crippen LogP contribution in [0.4, 0.5) is 5.69 Å². The van der Waals surface area contributed by atoms with Gasteiger partial charge < -0.3 is 10.1 Å². The summed E-state index contributed by atoms with van der Waals surface area (Å²) in [5, 5.41) is 17.0. The Morgan fingerprint density at radius 2 is 1.90 bits per heavy atom. The smallest absolute Gasteiger partial charge is 0.262 e. The number of halogens is 1. The number of tetrazole rings is 1. The fraction of sp³-hybridized carbons (Fsp3) is 0.182. The quantitative estimate of drug-likeness (QED) is 0.451. The largest absolute Gasteiger partial charge is 0.483 e. The highest BCUT2D eigenvalue weighted by molar-refractivity contribution is 9.10. The van der Waals surface area contributed by atoms with Crippen LogP contribution in [0.3, 0.4) is 0 Å². The lowest BCUT2D eigenvalue weighted by Gasteiger charge is -2.11. The lowest BCUT2D eigenvalue weighted by atomic mass is 10.1. The Hall–Kier alpha value is -3.26. The first-order chi connectivity index (χ1) is 14.7. The summed E-state index contributed by atoms with van der Waals surface area (Å²) in [5.41, 5.74) is 1.61. The first-order valence-corrected chi connectivity index (χ1v) is 10.5. The van der Waals surface area contributed by atoms with Gasteiger partial charge in [-0.25, -0.2) is 4.68 Å². The van der Waals surface area contributed by atoms with E-state index in [2.05, 4.69) is 36.8 Å². The second-order valence-electron chi connectivity index (χ2n) is 7.19. The molecule has 30 heavy (non-hydrogen) atoms. The van der Waals surface area contributed by atoms with E-state index in [9.17, 15) is 4.79 Å². The van der Waals surface area contributed by atoms with E-state index in [1.54, 1.807) is 0 Å². The van der Waals surface area contributed by atoms with Gasteiger partial charge in [0.25, 0.3) is 5.91 Å². The van der Waals surface area contributed by atoms with Crippen LogP contribution in [0, 0.1) is 0 Å². The molecule has 5 rings (SSSR count). The van der Waals surface area contributed by atoms with Crippen molar-refractivity contribution < 1.29 is 9.53 Å². The van der Waals surface area contributed by atoms with Crippen molar-refractivity contribution >= 4 is 38.3 Å². The molecule has 0 bridgehead atoms. The molecule has 0 radical (unpaired) electrons. The molecular weight excluding hydrogens is 446 g/mol. The number of hydrogen-bond donors (Lipinski definition) is 1. The van der Waals surface area contributed by atoms with E-state index in [1.165, 1.54) is 0 Å². The molecule has 1 N–H and O–H groups in total. The number of amides is 1. The number of nitrogens with zero attached hydrogens (tertiary/aromatic N) is 4.